The van der Waals surface area contributed by atoms with Gasteiger partial charge in [-0.25, -0.2) is 9.89 Å². The van der Waals surface area contributed by atoms with Crippen molar-refractivity contribution in [2.75, 3.05) is 0 Å². The standard InChI is InChI=1S/C11H12N4O3/c1-15-9(13-14-11(15)17)6-18-8-5-3-2-4-7(8)10(12)16/h2-5H,6H2,1H3,(H2,12,16)(H,14,17). The van der Waals surface area contributed by atoms with Crippen LogP contribution in [0.4, 0.5) is 0 Å². The Morgan fingerprint density at radius 3 is 2.83 bits per heavy atom. The molecule has 1 amide bonds. The normalized spacial score (nSPS) is 10.3. The summed E-state index contributed by atoms with van der Waals surface area (Å²) in [6.07, 6.45) is 0. The highest BCUT2D eigenvalue weighted by Gasteiger charge is 2.10. The third-order valence-corrected chi connectivity index (χ3v) is 2.48. The Bertz CT molecular complexity index is 629. The first-order chi connectivity index (χ1) is 8.59. The number of amides is 1. The van der Waals surface area contributed by atoms with Gasteiger partial charge in [0, 0.05) is 7.05 Å². The smallest absolute Gasteiger partial charge is 0.343 e. The highest BCUT2D eigenvalue weighted by atomic mass is 16.5. The number of nitrogens with two attached hydrogens (primary N) is 1. The van der Waals surface area contributed by atoms with E-state index in [-0.39, 0.29) is 17.9 Å². The molecule has 18 heavy (non-hydrogen) atoms. The number of carbonyl (C=O) groups is 1. The number of hydrogen-bond acceptors (Lipinski definition) is 4. The first kappa shape index (κ1) is 11.9. The maximum atomic E-state index is 11.2. The van der Waals surface area contributed by atoms with Crippen molar-refractivity contribution in [1.29, 1.82) is 0 Å². The molecule has 0 saturated carbocycles. The zero-order valence-electron chi connectivity index (χ0n) is 9.71. The van der Waals surface area contributed by atoms with Crippen LogP contribution >= 0.6 is 0 Å². The SMILES string of the molecule is Cn1c(COc2ccccc2C(N)=O)n[nH]c1=O. The molecule has 2 aromatic rings. The second kappa shape index (κ2) is 4.74. The molecule has 0 radical (unpaired) electrons. The van der Waals surface area contributed by atoms with Gasteiger partial charge in [-0.2, -0.15) is 5.10 Å². The van der Waals surface area contributed by atoms with Gasteiger partial charge >= 0.3 is 5.69 Å². The number of nitrogens with zero attached hydrogens (tertiary/aromatic N) is 2. The maximum Gasteiger partial charge on any atom is 0.343 e. The molecular formula is C11H12N4O3. The zero-order valence-corrected chi connectivity index (χ0v) is 9.71. The van der Waals surface area contributed by atoms with E-state index in [2.05, 4.69) is 10.2 Å². The maximum absolute atomic E-state index is 11.2. The molecular weight excluding hydrogens is 236 g/mol. The van der Waals surface area contributed by atoms with Gasteiger partial charge in [0.2, 0.25) is 0 Å². The van der Waals surface area contributed by atoms with Crippen molar-refractivity contribution in [3.8, 4) is 5.75 Å². The molecule has 0 spiro atoms. The Labute approximate surface area is 102 Å². The molecule has 0 bridgehead atoms. The fourth-order valence-electron chi connectivity index (χ4n) is 1.45. The minimum atomic E-state index is -0.568. The van der Waals surface area contributed by atoms with Gasteiger partial charge in [0.1, 0.15) is 12.4 Å². The van der Waals surface area contributed by atoms with Gasteiger partial charge in [-0.3, -0.25) is 9.36 Å². The van der Waals surface area contributed by atoms with Crippen molar-refractivity contribution in [2.24, 2.45) is 12.8 Å². The number of rotatable bonds is 4. The Balaban J connectivity index is 2.18. The number of para-hydroxylation sites is 1. The summed E-state index contributed by atoms with van der Waals surface area (Å²) in [6, 6.07) is 6.62. The lowest BCUT2D eigenvalue weighted by atomic mass is 10.2. The summed E-state index contributed by atoms with van der Waals surface area (Å²) in [5.74, 6) is 0.223. The van der Waals surface area contributed by atoms with Crippen LogP contribution in [0.2, 0.25) is 0 Å². The molecule has 7 nitrogen and oxygen atoms in total. The molecule has 0 aliphatic carbocycles. The van der Waals surface area contributed by atoms with E-state index in [1.165, 1.54) is 4.57 Å². The largest absolute Gasteiger partial charge is 0.485 e. The van der Waals surface area contributed by atoms with E-state index in [9.17, 15) is 9.59 Å². The predicted octanol–water partition coefficient (Wildman–Crippen LogP) is -0.214. The number of aromatic amines is 1. The second-order valence-electron chi connectivity index (χ2n) is 3.65. The lowest BCUT2D eigenvalue weighted by Crippen LogP contribution is -2.16. The van der Waals surface area contributed by atoms with Gasteiger partial charge in [0.15, 0.2) is 5.82 Å². The highest BCUT2D eigenvalue weighted by Crippen LogP contribution is 2.17. The summed E-state index contributed by atoms with van der Waals surface area (Å²) in [5.41, 5.74) is 5.19. The van der Waals surface area contributed by atoms with Crippen LogP contribution in [0, 0.1) is 0 Å². The van der Waals surface area contributed by atoms with Crippen LogP contribution in [0.5, 0.6) is 5.75 Å². The Morgan fingerprint density at radius 2 is 2.22 bits per heavy atom. The molecule has 1 aromatic heterocycles. The minimum absolute atomic E-state index is 0.0690. The lowest BCUT2D eigenvalue weighted by Gasteiger charge is -2.08. The van der Waals surface area contributed by atoms with Crippen LogP contribution in [0.3, 0.4) is 0 Å². The Kier molecular flexibility index (Phi) is 3.13. The molecule has 2 rings (SSSR count). The summed E-state index contributed by atoms with van der Waals surface area (Å²) < 4.78 is 6.76. The van der Waals surface area contributed by atoms with Crippen molar-refractivity contribution in [2.45, 2.75) is 6.61 Å². The molecule has 1 heterocycles. The van der Waals surface area contributed by atoms with Crippen LogP contribution in [0.15, 0.2) is 29.1 Å². The van der Waals surface area contributed by atoms with Crippen LogP contribution in [-0.4, -0.2) is 20.7 Å². The van der Waals surface area contributed by atoms with Crippen LogP contribution in [0.1, 0.15) is 16.2 Å². The Morgan fingerprint density at radius 1 is 1.50 bits per heavy atom. The fraction of sp³-hybridized carbons (Fsp3) is 0.182. The number of H-pyrrole nitrogens is 1. The highest BCUT2D eigenvalue weighted by molar-refractivity contribution is 5.95. The molecule has 0 aliphatic rings. The number of aromatic nitrogens is 3. The molecule has 0 saturated heterocycles. The van der Waals surface area contributed by atoms with Crippen LogP contribution in [0.25, 0.3) is 0 Å². The van der Waals surface area contributed by atoms with E-state index < -0.39 is 5.91 Å². The van der Waals surface area contributed by atoms with E-state index in [4.69, 9.17) is 10.5 Å². The average Bonchev–Trinajstić information content (AvgIpc) is 2.68. The van der Waals surface area contributed by atoms with Crippen LogP contribution < -0.4 is 16.2 Å². The average molecular weight is 248 g/mol. The number of hydrogen-bond donors (Lipinski definition) is 2. The van der Waals surface area contributed by atoms with Gasteiger partial charge in [-0.05, 0) is 12.1 Å². The number of ether oxygens (including phenoxy) is 1. The van der Waals surface area contributed by atoms with E-state index >= 15 is 0 Å². The van der Waals surface area contributed by atoms with Gasteiger partial charge in [0.25, 0.3) is 5.91 Å². The van der Waals surface area contributed by atoms with Crippen molar-refractivity contribution in [3.63, 3.8) is 0 Å². The monoisotopic (exact) mass is 248 g/mol. The molecule has 0 unspecified atom stereocenters. The van der Waals surface area contributed by atoms with Crippen molar-refractivity contribution in [3.05, 3.63) is 46.1 Å². The predicted molar refractivity (Wildman–Crippen MR) is 63.1 cm³/mol. The third-order valence-electron chi connectivity index (χ3n) is 2.48. The molecule has 0 aliphatic heterocycles. The summed E-state index contributed by atoms with van der Waals surface area (Å²) in [7, 11) is 1.57. The number of nitrogens with one attached hydrogen (secondary N) is 1. The minimum Gasteiger partial charge on any atom is -0.485 e. The van der Waals surface area contributed by atoms with E-state index in [1.54, 1.807) is 31.3 Å². The van der Waals surface area contributed by atoms with Crippen LogP contribution in [-0.2, 0) is 13.7 Å². The second-order valence-corrected chi connectivity index (χ2v) is 3.65. The summed E-state index contributed by atoms with van der Waals surface area (Å²) >= 11 is 0. The van der Waals surface area contributed by atoms with Gasteiger partial charge in [0.05, 0.1) is 5.56 Å². The van der Waals surface area contributed by atoms with E-state index in [0.717, 1.165) is 0 Å². The number of benzene rings is 1. The van der Waals surface area contributed by atoms with Gasteiger partial charge in [-0.15, -0.1) is 0 Å². The number of carbonyl (C=O) groups excluding carboxylic acids is 1. The zero-order chi connectivity index (χ0) is 13.1. The molecule has 7 heteroatoms. The molecule has 94 valence electrons. The molecule has 3 N–H and O–H groups in total. The first-order valence-electron chi connectivity index (χ1n) is 5.21. The fourth-order valence-corrected chi connectivity index (χ4v) is 1.45. The van der Waals surface area contributed by atoms with Crippen molar-refractivity contribution < 1.29 is 9.53 Å². The topological polar surface area (TPSA) is 103 Å². The van der Waals surface area contributed by atoms with Crippen molar-refractivity contribution in [1.82, 2.24) is 14.8 Å². The van der Waals surface area contributed by atoms with E-state index in [1.807, 2.05) is 0 Å². The molecule has 0 atom stereocenters. The molecule has 0 fully saturated rings. The molecule has 1 aromatic carbocycles. The van der Waals surface area contributed by atoms with Crippen molar-refractivity contribution >= 4 is 5.91 Å². The van der Waals surface area contributed by atoms with Gasteiger partial charge in [-0.1, -0.05) is 12.1 Å². The summed E-state index contributed by atoms with van der Waals surface area (Å²) in [4.78, 5) is 22.3. The third kappa shape index (κ3) is 2.24. The quantitative estimate of drug-likeness (QED) is 0.781. The first-order valence-corrected chi connectivity index (χ1v) is 5.21. The summed E-state index contributed by atoms with van der Waals surface area (Å²) in [6.45, 7) is 0.0690. The lowest BCUT2D eigenvalue weighted by molar-refractivity contribution is 0.0995. The Hall–Kier alpha value is -2.57. The van der Waals surface area contributed by atoms with E-state index in [0.29, 0.717) is 11.6 Å². The number of primary amides is 1. The summed E-state index contributed by atoms with van der Waals surface area (Å²) in [5, 5.41) is 6.09. The van der Waals surface area contributed by atoms with Gasteiger partial charge < -0.3 is 10.5 Å².